The zero-order valence-electron chi connectivity index (χ0n) is 11.4. The lowest BCUT2D eigenvalue weighted by molar-refractivity contribution is 0.599. The Hall–Kier alpha value is -1.24. The molecule has 3 heterocycles. The van der Waals surface area contributed by atoms with Gasteiger partial charge < -0.3 is 4.98 Å². The summed E-state index contributed by atoms with van der Waals surface area (Å²) in [5.41, 5.74) is 1.99. The van der Waals surface area contributed by atoms with E-state index in [0.717, 1.165) is 10.2 Å². The van der Waals surface area contributed by atoms with E-state index in [9.17, 15) is 4.79 Å². The highest BCUT2D eigenvalue weighted by Gasteiger charge is 2.17. The van der Waals surface area contributed by atoms with Gasteiger partial charge in [0.2, 0.25) is 0 Å². The monoisotopic (exact) mass is 322 g/mol. The topological polar surface area (TPSA) is 37.8 Å². The van der Waals surface area contributed by atoms with Crippen molar-refractivity contribution in [1.29, 1.82) is 0 Å². The average molecular weight is 322 g/mol. The molecule has 0 radical (unpaired) electrons. The Bertz CT molecular complexity index is 897. The Kier molecular flexibility index (Phi) is 3.40. The molecule has 1 unspecified atom stereocenters. The fourth-order valence-electron chi connectivity index (χ4n) is 2.51. The first-order valence-electron chi connectivity index (χ1n) is 6.28. The predicted octanol–water partition coefficient (Wildman–Crippen LogP) is 4.41. The summed E-state index contributed by atoms with van der Waals surface area (Å²) in [5, 5.41) is 1.91. The standard InChI is InChI=1S/C14H14N2OS3/c1-7-6-10(9(3)20-7)8(2)16-13(17)12-11(4-5-19-12)15-14(16)18/h4-6,8H,1-3H3,(H,15,18). The number of hydrogen-bond donors (Lipinski definition) is 1. The molecule has 0 fully saturated rings. The smallest absolute Gasteiger partial charge is 0.272 e. The molecule has 0 saturated carbocycles. The quantitative estimate of drug-likeness (QED) is 0.710. The first kappa shape index (κ1) is 13.7. The van der Waals surface area contributed by atoms with Gasteiger partial charge in [-0.3, -0.25) is 9.36 Å². The van der Waals surface area contributed by atoms with E-state index in [-0.39, 0.29) is 11.6 Å². The van der Waals surface area contributed by atoms with Crippen LogP contribution < -0.4 is 5.56 Å². The summed E-state index contributed by atoms with van der Waals surface area (Å²) in [4.78, 5) is 18.3. The van der Waals surface area contributed by atoms with Crippen LogP contribution >= 0.6 is 34.9 Å². The van der Waals surface area contributed by atoms with Crippen molar-refractivity contribution >= 4 is 45.1 Å². The molecule has 6 heteroatoms. The third-order valence-electron chi connectivity index (χ3n) is 3.46. The number of hydrogen-bond acceptors (Lipinski definition) is 4. The Labute approximate surface area is 129 Å². The summed E-state index contributed by atoms with van der Waals surface area (Å²) < 4.78 is 2.90. The van der Waals surface area contributed by atoms with Crippen molar-refractivity contribution in [3.05, 3.63) is 48.0 Å². The number of aromatic amines is 1. The van der Waals surface area contributed by atoms with Crippen molar-refractivity contribution in [2.24, 2.45) is 0 Å². The van der Waals surface area contributed by atoms with Crippen LogP contribution in [-0.2, 0) is 0 Å². The van der Waals surface area contributed by atoms with Gasteiger partial charge in [0.1, 0.15) is 4.70 Å². The third-order valence-corrected chi connectivity index (χ3v) is 5.64. The van der Waals surface area contributed by atoms with Crippen LogP contribution in [-0.4, -0.2) is 9.55 Å². The van der Waals surface area contributed by atoms with Crippen LogP contribution in [0.5, 0.6) is 0 Å². The Morgan fingerprint density at radius 2 is 2.15 bits per heavy atom. The van der Waals surface area contributed by atoms with Crippen molar-refractivity contribution in [1.82, 2.24) is 9.55 Å². The number of nitrogens with zero attached hydrogens (tertiary/aromatic N) is 1. The Morgan fingerprint density at radius 1 is 1.40 bits per heavy atom. The molecule has 0 aliphatic rings. The van der Waals surface area contributed by atoms with Gasteiger partial charge in [0.25, 0.3) is 5.56 Å². The van der Waals surface area contributed by atoms with Gasteiger partial charge in [-0.2, -0.15) is 0 Å². The van der Waals surface area contributed by atoms with Gasteiger partial charge in [0, 0.05) is 9.75 Å². The minimum Gasteiger partial charge on any atom is -0.331 e. The maximum atomic E-state index is 12.6. The van der Waals surface area contributed by atoms with Crippen LogP contribution in [0.4, 0.5) is 0 Å². The van der Waals surface area contributed by atoms with Gasteiger partial charge in [-0.15, -0.1) is 22.7 Å². The second kappa shape index (κ2) is 4.95. The van der Waals surface area contributed by atoms with E-state index < -0.39 is 0 Å². The molecule has 0 aliphatic carbocycles. The Balaban J connectivity index is 2.26. The van der Waals surface area contributed by atoms with Gasteiger partial charge in [0.05, 0.1) is 11.6 Å². The van der Waals surface area contributed by atoms with Crippen molar-refractivity contribution in [2.45, 2.75) is 26.8 Å². The number of aryl methyl sites for hydroxylation is 2. The van der Waals surface area contributed by atoms with Crippen LogP contribution in [0.25, 0.3) is 10.2 Å². The highest BCUT2D eigenvalue weighted by molar-refractivity contribution is 7.71. The van der Waals surface area contributed by atoms with Gasteiger partial charge in [-0.05, 0) is 56.1 Å². The SMILES string of the molecule is Cc1cc(C(C)n2c(=S)[nH]c3ccsc3c2=O)c(C)s1. The normalized spacial score (nSPS) is 12.9. The number of thiophene rings is 2. The van der Waals surface area contributed by atoms with Crippen molar-refractivity contribution in [2.75, 3.05) is 0 Å². The summed E-state index contributed by atoms with van der Waals surface area (Å²) in [6.07, 6.45) is 0. The number of aromatic nitrogens is 2. The van der Waals surface area contributed by atoms with E-state index in [2.05, 4.69) is 24.9 Å². The van der Waals surface area contributed by atoms with Crippen molar-refractivity contribution in [3.63, 3.8) is 0 Å². The van der Waals surface area contributed by atoms with Crippen LogP contribution in [0.15, 0.2) is 22.3 Å². The highest BCUT2D eigenvalue weighted by atomic mass is 32.1. The summed E-state index contributed by atoms with van der Waals surface area (Å²) in [6, 6.07) is 3.99. The average Bonchev–Trinajstić information content (AvgIpc) is 2.95. The highest BCUT2D eigenvalue weighted by Crippen LogP contribution is 2.28. The molecule has 3 aromatic heterocycles. The summed E-state index contributed by atoms with van der Waals surface area (Å²) in [5.74, 6) is 0. The molecule has 1 atom stereocenters. The lowest BCUT2D eigenvalue weighted by Crippen LogP contribution is -2.25. The molecule has 0 saturated heterocycles. The molecule has 0 amide bonds. The third kappa shape index (κ3) is 2.08. The first-order valence-corrected chi connectivity index (χ1v) is 8.38. The Morgan fingerprint density at radius 3 is 2.80 bits per heavy atom. The zero-order valence-corrected chi connectivity index (χ0v) is 13.8. The van der Waals surface area contributed by atoms with Crippen LogP contribution in [0.1, 0.15) is 28.3 Å². The second-order valence-electron chi connectivity index (χ2n) is 4.81. The summed E-state index contributed by atoms with van der Waals surface area (Å²) in [7, 11) is 0. The van der Waals surface area contributed by atoms with Gasteiger partial charge in [-0.25, -0.2) is 0 Å². The van der Waals surface area contributed by atoms with Crippen molar-refractivity contribution < 1.29 is 0 Å². The number of H-pyrrole nitrogens is 1. The fourth-order valence-corrected chi connectivity index (χ4v) is 4.66. The summed E-state index contributed by atoms with van der Waals surface area (Å²) >= 11 is 8.58. The molecule has 0 spiro atoms. The second-order valence-corrected chi connectivity index (χ2v) is 7.58. The van der Waals surface area contributed by atoms with E-state index in [1.165, 1.54) is 26.7 Å². The zero-order chi connectivity index (χ0) is 14.4. The van der Waals surface area contributed by atoms with E-state index in [0.29, 0.717) is 4.77 Å². The van der Waals surface area contributed by atoms with Gasteiger partial charge in [-0.1, -0.05) is 0 Å². The molecular formula is C14H14N2OS3. The van der Waals surface area contributed by atoms with E-state index in [1.54, 1.807) is 15.9 Å². The fraction of sp³-hybridized carbons (Fsp3) is 0.286. The predicted molar refractivity (Wildman–Crippen MR) is 88.9 cm³/mol. The maximum absolute atomic E-state index is 12.6. The first-order chi connectivity index (χ1) is 9.49. The largest absolute Gasteiger partial charge is 0.331 e. The minimum absolute atomic E-state index is 0.00509. The van der Waals surface area contributed by atoms with Gasteiger partial charge >= 0.3 is 0 Å². The molecule has 0 aliphatic heterocycles. The van der Waals surface area contributed by atoms with E-state index in [4.69, 9.17) is 12.2 Å². The molecule has 3 aromatic rings. The van der Waals surface area contributed by atoms with E-state index in [1.807, 2.05) is 18.4 Å². The lowest BCUT2D eigenvalue weighted by Gasteiger charge is -2.15. The number of rotatable bonds is 2. The molecular weight excluding hydrogens is 308 g/mol. The van der Waals surface area contributed by atoms with Crippen LogP contribution in [0.2, 0.25) is 0 Å². The summed E-state index contributed by atoms with van der Waals surface area (Å²) in [6.45, 7) is 6.20. The molecule has 3 rings (SSSR count). The molecule has 104 valence electrons. The molecule has 3 nitrogen and oxygen atoms in total. The molecule has 1 N–H and O–H groups in total. The van der Waals surface area contributed by atoms with Gasteiger partial charge in [0.15, 0.2) is 4.77 Å². The number of nitrogens with one attached hydrogen (secondary N) is 1. The van der Waals surface area contributed by atoms with E-state index >= 15 is 0 Å². The maximum Gasteiger partial charge on any atom is 0.272 e. The van der Waals surface area contributed by atoms with Crippen molar-refractivity contribution in [3.8, 4) is 0 Å². The minimum atomic E-state index is -0.0531. The van der Waals surface area contributed by atoms with Crippen LogP contribution in [0.3, 0.4) is 0 Å². The molecule has 20 heavy (non-hydrogen) atoms. The molecule has 0 bridgehead atoms. The lowest BCUT2D eigenvalue weighted by atomic mass is 10.1. The van der Waals surface area contributed by atoms with Crippen LogP contribution in [0, 0.1) is 18.6 Å². The molecule has 0 aromatic carbocycles. The number of fused-ring (bicyclic) bond motifs is 1.